The van der Waals surface area contributed by atoms with Gasteiger partial charge in [0.15, 0.2) is 0 Å². The number of hydrogen-bond donors (Lipinski definition) is 0. The average Bonchev–Trinajstić information content (AvgIpc) is 2.39. The van der Waals surface area contributed by atoms with Crippen LogP contribution in [0.3, 0.4) is 0 Å². The van der Waals surface area contributed by atoms with E-state index in [4.69, 9.17) is 4.74 Å². The quantitative estimate of drug-likeness (QED) is 0.734. The lowest BCUT2D eigenvalue weighted by molar-refractivity contribution is 0.109. The second-order valence-electron chi connectivity index (χ2n) is 4.40. The van der Waals surface area contributed by atoms with Crippen LogP contribution in [0, 0.1) is 0 Å². The summed E-state index contributed by atoms with van der Waals surface area (Å²) in [5.41, 5.74) is 1.11. The Kier molecular flexibility index (Phi) is 7.47. The average molecular weight is 315 g/mol. The molecule has 0 amide bonds. The van der Waals surface area contributed by atoms with Crippen molar-refractivity contribution in [2.45, 2.75) is 39.3 Å². The van der Waals surface area contributed by atoms with Gasteiger partial charge < -0.3 is 4.74 Å². The van der Waals surface area contributed by atoms with E-state index in [1.165, 1.54) is 0 Å². The molecule has 18 heavy (non-hydrogen) atoms. The Labute approximate surface area is 119 Å². The van der Waals surface area contributed by atoms with E-state index in [2.05, 4.69) is 45.7 Å². The van der Waals surface area contributed by atoms with E-state index in [0.717, 1.165) is 42.7 Å². The van der Waals surface area contributed by atoms with Crippen LogP contribution in [0.2, 0.25) is 0 Å². The highest BCUT2D eigenvalue weighted by molar-refractivity contribution is 9.10. The van der Waals surface area contributed by atoms with Gasteiger partial charge in [-0.3, -0.25) is 9.88 Å². The summed E-state index contributed by atoms with van der Waals surface area (Å²) in [6.07, 6.45) is 4.18. The van der Waals surface area contributed by atoms with Crippen LogP contribution < -0.4 is 0 Å². The summed E-state index contributed by atoms with van der Waals surface area (Å²) in [5.74, 6) is 0. The van der Waals surface area contributed by atoms with Crippen molar-refractivity contribution in [1.29, 1.82) is 0 Å². The standard InChI is InChI=1S/C14H23BrN2O/c1-4-14(5-2)17(8-9-18-3)11-13-7-6-12(15)10-16-13/h6-7,10,14H,4-5,8-9,11H2,1-3H3. The minimum atomic E-state index is 0.602. The van der Waals surface area contributed by atoms with Crippen molar-refractivity contribution in [3.8, 4) is 0 Å². The molecule has 0 N–H and O–H groups in total. The first kappa shape index (κ1) is 15.6. The van der Waals surface area contributed by atoms with Crippen LogP contribution >= 0.6 is 15.9 Å². The van der Waals surface area contributed by atoms with Crippen LogP contribution in [-0.4, -0.2) is 36.2 Å². The van der Waals surface area contributed by atoms with Crippen LogP contribution in [0.5, 0.6) is 0 Å². The first-order chi connectivity index (χ1) is 8.71. The second kappa shape index (κ2) is 8.62. The van der Waals surface area contributed by atoms with E-state index in [1.807, 2.05) is 12.3 Å². The lowest BCUT2D eigenvalue weighted by Crippen LogP contribution is -2.36. The number of aromatic nitrogens is 1. The fourth-order valence-electron chi connectivity index (χ4n) is 2.11. The van der Waals surface area contributed by atoms with Crippen molar-refractivity contribution in [2.75, 3.05) is 20.3 Å². The van der Waals surface area contributed by atoms with Crippen molar-refractivity contribution in [1.82, 2.24) is 9.88 Å². The molecule has 1 rings (SSSR count). The van der Waals surface area contributed by atoms with E-state index in [1.54, 1.807) is 7.11 Å². The van der Waals surface area contributed by atoms with Crippen molar-refractivity contribution in [3.63, 3.8) is 0 Å². The van der Waals surface area contributed by atoms with Gasteiger partial charge in [-0.1, -0.05) is 13.8 Å². The monoisotopic (exact) mass is 314 g/mol. The van der Waals surface area contributed by atoms with Gasteiger partial charge in [0.1, 0.15) is 0 Å². The Morgan fingerprint density at radius 2 is 2.06 bits per heavy atom. The van der Waals surface area contributed by atoms with Crippen LogP contribution in [0.1, 0.15) is 32.4 Å². The molecule has 0 fully saturated rings. The van der Waals surface area contributed by atoms with Gasteiger partial charge in [0.2, 0.25) is 0 Å². The third-order valence-electron chi connectivity index (χ3n) is 3.20. The molecule has 0 radical (unpaired) electrons. The zero-order chi connectivity index (χ0) is 13.4. The Morgan fingerprint density at radius 1 is 1.33 bits per heavy atom. The number of halogens is 1. The third kappa shape index (κ3) is 5.04. The molecular formula is C14H23BrN2O. The summed E-state index contributed by atoms with van der Waals surface area (Å²) in [6.45, 7) is 7.10. The van der Waals surface area contributed by atoms with Crippen molar-refractivity contribution in [2.24, 2.45) is 0 Å². The van der Waals surface area contributed by atoms with Crippen molar-refractivity contribution < 1.29 is 4.74 Å². The topological polar surface area (TPSA) is 25.4 Å². The molecule has 1 heterocycles. The Balaban J connectivity index is 2.67. The van der Waals surface area contributed by atoms with E-state index < -0.39 is 0 Å². The van der Waals surface area contributed by atoms with Gasteiger partial charge >= 0.3 is 0 Å². The molecule has 0 aliphatic heterocycles. The van der Waals surface area contributed by atoms with Gasteiger partial charge in [-0.05, 0) is 40.9 Å². The number of hydrogen-bond acceptors (Lipinski definition) is 3. The molecule has 3 nitrogen and oxygen atoms in total. The SMILES string of the molecule is CCC(CC)N(CCOC)Cc1ccc(Br)cn1. The summed E-state index contributed by atoms with van der Waals surface area (Å²) < 4.78 is 6.22. The third-order valence-corrected chi connectivity index (χ3v) is 3.66. The number of pyridine rings is 1. The van der Waals surface area contributed by atoms with Crippen LogP contribution in [0.4, 0.5) is 0 Å². The smallest absolute Gasteiger partial charge is 0.0589 e. The van der Waals surface area contributed by atoms with E-state index in [-0.39, 0.29) is 0 Å². The molecule has 102 valence electrons. The maximum Gasteiger partial charge on any atom is 0.0589 e. The number of ether oxygens (including phenoxy) is 1. The Morgan fingerprint density at radius 3 is 2.56 bits per heavy atom. The van der Waals surface area contributed by atoms with Gasteiger partial charge in [0.05, 0.1) is 12.3 Å². The molecule has 0 aromatic carbocycles. The zero-order valence-electron chi connectivity index (χ0n) is 11.5. The number of rotatable bonds is 8. The molecule has 1 aromatic rings. The van der Waals surface area contributed by atoms with Gasteiger partial charge in [-0.25, -0.2) is 0 Å². The molecule has 0 aliphatic rings. The highest BCUT2D eigenvalue weighted by atomic mass is 79.9. The molecule has 0 saturated heterocycles. The molecule has 0 unspecified atom stereocenters. The maximum atomic E-state index is 5.20. The van der Waals surface area contributed by atoms with E-state index in [0.29, 0.717) is 6.04 Å². The fourth-order valence-corrected chi connectivity index (χ4v) is 2.35. The molecule has 0 atom stereocenters. The summed E-state index contributed by atoms with van der Waals surface area (Å²) in [6, 6.07) is 4.72. The van der Waals surface area contributed by atoms with Crippen LogP contribution in [0.15, 0.2) is 22.8 Å². The first-order valence-electron chi connectivity index (χ1n) is 6.54. The first-order valence-corrected chi connectivity index (χ1v) is 7.33. The van der Waals surface area contributed by atoms with Crippen LogP contribution in [-0.2, 0) is 11.3 Å². The molecular weight excluding hydrogens is 292 g/mol. The lowest BCUT2D eigenvalue weighted by Gasteiger charge is -2.29. The summed E-state index contributed by atoms with van der Waals surface area (Å²) in [5, 5.41) is 0. The predicted molar refractivity (Wildman–Crippen MR) is 78.6 cm³/mol. The Bertz CT molecular complexity index is 325. The molecule has 0 bridgehead atoms. The molecule has 4 heteroatoms. The minimum Gasteiger partial charge on any atom is -0.383 e. The summed E-state index contributed by atoms with van der Waals surface area (Å²) in [7, 11) is 1.75. The van der Waals surface area contributed by atoms with E-state index in [9.17, 15) is 0 Å². The molecule has 0 aliphatic carbocycles. The summed E-state index contributed by atoms with van der Waals surface area (Å²) in [4.78, 5) is 6.91. The highest BCUT2D eigenvalue weighted by Crippen LogP contribution is 2.14. The van der Waals surface area contributed by atoms with Gasteiger partial charge in [0, 0.05) is 36.9 Å². The zero-order valence-corrected chi connectivity index (χ0v) is 13.1. The van der Waals surface area contributed by atoms with Crippen LogP contribution in [0.25, 0.3) is 0 Å². The van der Waals surface area contributed by atoms with E-state index >= 15 is 0 Å². The van der Waals surface area contributed by atoms with Gasteiger partial charge in [-0.15, -0.1) is 0 Å². The minimum absolute atomic E-state index is 0.602. The summed E-state index contributed by atoms with van der Waals surface area (Å²) >= 11 is 3.41. The molecule has 1 aromatic heterocycles. The second-order valence-corrected chi connectivity index (χ2v) is 5.32. The molecule has 0 spiro atoms. The van der Waals surface area contributed by atoms with Crippen molar-refractivity contribution in [3.05, 3.63) is 28.5 Å². The maximum absolute atomic E-state index is 5.20. The normalized spacial score (nSPS) is 11.4. The van der Waals surface area contributed by atoms with Gasteiger partial charge in [0.25, 0.3) is 0 Å². The van der Waals surface area contributed by atoms with Gasteiger partial charge in [-0.2, -0.15) is 0 Å². The largest absolute Gasteiger partial charge is 0.383 e. The molecule has 0 saturated carbocycles. The number of methoxy groups -OCH3 is 1. The number of nitrogens with zero attached hydrogens (tertiary/aromatic N) is 2. The Hall–Kier alpha value is -0.450. The lowest BCUT2D eigenvalue weighted by atomic mass is 10.1. The fraction of sp³-hybridized carbons (Fsp3) is 0.643. The predicted octanol–water partition coefficient (Wildman–Crippen LogP) is 3.48. The van der Waals surface area contributed by atoms with Crippen molar-refractivity contribution >= 4 is 15.9 Å². The highest BCUT2D eigenvalue weighted by Gasteiger charge is 2.15.